The maximum absolute atomic E-state index is 13.0. The van der Waals surface area contributed by atoms with Crippen LogP contribution in [0.3, 0.4) is 0 Å². The van der Waals surface area contributed by atoms with Crippen molar-refractivity contribution in [1.82, 2.24) is 15.6 Å². The van der Waals surface area contributed by atoms with Crippen LogP contribution in [0.2, 0.25) is 0 Å². The van der Waals surface area contributed by atoms with E-state index in [1.807, 2.05) is 50.4 Å². The highest BCUT2D eigenvalue weighted by Crippen LogP contribution is 2.19. The highest BCUT2D eigenvalue weighted by atomic mass is 16.2. The van der Waals surface area contributed by atoms with Crippen LogP contribution in [0.15, 0.2) is 60.8 Å². The van der Waals surface area contributed by atoms with E-state index in [4.69, 9.17) is 0 Å². The van der Waals surface area contributed by atoms with Crippen LogP contribution in [0.25, 0.3) is 10.9 Å². The molecule has 30 heavy (non-hydrogen) atoms. The van der Waals surface area contributed by atoms with Crippen molar-refractivity contribution in [2.75, 3.05) is 0 Å². The van der Waals surface area contributed by atoms with E-state index in [9.17, 15) is 14.4 Å². The summed E-state index contributed by atoms with van der Waals surface area (Å²) in [6.45, 7) is 3.87. The molecule has 0 aliphatic rings. The molecule has 1 heterocycles. The lowest BCUT2D eigenvalue weighted by Crippen LogP contribution is -2.53. The number of nitrogens with one attached hydrogen (secondary N) is 3. The lowest BCUT2D eigenvalue weighted by atomic mass is 9.97. The molecular weight excluding hydrogens is 378 g/mol. The first-order valence-corrected chi connectivity index (χ1v) is 10.2. The molecule has 1 aromatic heterocycles. The van der Waals surface area contributed by atoms with Crippen molar-refractivity contribution in [3.63, 3.8) is 0 Å². The molecule has 6 heteroatoms. The summed E-state index contributed by atoms with van der Waals surface area (Å²) < 4.78 is 0. The second-order valence-corrected chi connectivity index (χ2v) is 7.52. The quantitative estimate of drug-likeness (QED) is 0.477. The molecule has 3 rings (SSSR count). The van der Waals surface area contributed by atoms with Crippen molar-refractivity contribution in [3.8, 4) is 0 Å². The van der Waals surface area contributed by atoms with Crippen LogP contribution in [0.1, 0.15) is 36.2 Å². The summed E-state index contributed by atoms with van der Waals surface area (Å²) in [7, 11) is 0. The van der Waals surface area contributed by atoms with Gasteiger partial charge in [0.1, 0.15) is 12.3 Å². The average Bonchev–Trinajstić information content (AvgIpc) is 3.19. The smallest absolute Gasteiger partial charge is 0.251 e. The highest BCUT2D eigenvalue weighted by Gasteiger charge is 2.28. The minimum atomic E-state index is -0.729. The number of H-pyrrole nitrogens is 1. The van der Waals surface area contributed by atoms with Gasteiger partial charge in [-0.05, 0) is 29.7 Å². The molecule has 2 amide bonds. The minimum absolute atomic E-state index is 0.0851. The Bertz CT molecular complexity index is 1010. The Hall–Kier alpha value is -3.41. The van der Waals surface area contributed by atoms with E-state index < -0.39 is 12.1 Å². The van der Waals surface area contributed by atoms with E-state index in [1.54, 1.807) is 24.3 Å². The van der Waals surface area contributed by atoms with E-state index in [1.165, 1.54) is 0 Å². The summed E-state index contributed by atoms with van der Waals surface area (Å²) in [5, 5.41) is 6.66. The molecule has 3 N–H and O–H groups in total. The zero-order valence-corrected chi connectivity index (χ0v) is 17.2. The lowest BCUT2D eigenvalue weighted by Gasteiger charge is -2.25. The van der Waals surface area contributed by atoms with Crippen molar-refractivity contribution in [1.29, 1.82) is 0 Å². The van der Waals surface area contributed by atoms with Gasteiger partial charge in [0.2, 0.25) is 5.91 Å². The van der Waals surface area contributed by atoms with Gasteiger partial charge in [-0.15, -0.1) is 0 Å². The summed E-state index contributed by atoms with van der Waals surface area (Å²) in [6.07, 6.45) is 3.68. The molecule has 0 fully saturated rings. The Morgan fingerprint density at radius 2 is 1.73 bits per heavy atom. The van der Waals surface area contributed by atoms with Gasteiger partial charge in [-0.2, -0.15) is 0 Å². The Morgan fingerprint density at radius 1 is 1.03 bits per heavy atom. The molecule has 0 aliphatic heterocycles. The van der Waals surface area contributed by atoms with Crippen LogP contribution < -0.4 is 10.6 Å². The van der Waals surface area contributed by atoms with Gasteiger partial charge in [0, 0.05) is 29.1 Å². The molecule has 6 nitrogen and oxygen atoms in total. The SMILES string of the molecule is CC[C@H](C)[C@H](NC(=O)c1ccccc1)C(=O)N[C@H](C=O)Cc1c[nH]c2ccccc12. The van der Waals surface area contributed by atoms with E-state index >= 15 is 0 Å². The Morgan fingerprint density at radius 3 is 2.43 bits per heavy atom. The fraction of sp³-hybridized carbons (Fsp3) is 0.292. The van der Waals surface area contributed by atoms with Crippen LogP contribution in [0.4, 0.5) is 0 Å². The van der Waals surface area contributed by atoms with Crippen molar-refractivity contribution >= 4 is 29.0 Å². The molecule has 0 saturated heterocycles. The highest BCUT2D eigenvalue weighted by molar-refractivity contribution is 5.98. The third kappa shape index (κ3) is 4.95. The summed E-state index contributed by atoms with van der Waals surface area (Å²) in [5.41, 5.74) is 2.43. The molecule has 0 aliphatic carbocycles. The summed E-state index contributed by atoms with van der Waals surface area (Å²) in [6, 6.07) is 15.2. The van der Waals surface area contributed by atoms with Crippen LogP contribution in [-0.4, -0.2) is 35.2 Å². The van der Waals surface area contributed by atoms with Crippen LogP contribution >= 0.6 is 0 Å². The minimum Gasteiger partial charge on any atom is -0.361 e. The second kappa shape index (κ2) is 9.87. The number of hydrogen-bond donors (Lipinski definition) is 3. The van der Waals surface area contributed by atoms with Gasteiger partial charge in [0.05, 0.1) is 6.04 Å². The van der Waals surface area contributed by atoms with E-state index in [2.05, 4.69) is 15.6 Å². The van der Waals surface area contributed by atoms with Gasteiger partial charge in [-0.3, -0.25) is 9.59 Å². The lowest BCUT2D eigenvalue weighted by molar-refractivity contribution is -0.126. The van der Waals surface area contributed by atoms with E-state index in [0.29, 0.717) is 18.4 Å². The topological polar surface area (TPSA) is 91.1 Å². The van der Waals surface area contributed by atoms with Crippen molar-refractivity contribution in [2.24, 2.45) is 5.92 Å². The summed E-state index contributed by atoms with van der Waals surface area (Å²) >= 11 is 0. The molecule has 0 saturated carbocycles. The van der Waals surface area contributed by atoms with Gasteiger partial charge >= 0.3 is 0 Å². The number of amides is 2. The number of carbonyl (C=O) groups excluding carboxylic acids is 3. The van der Waals surface area contributed by atoms with Crippen LogP contribution in [0, 0.1) is 5.92 Å². The fourth-order valence-electron chi connectivity index (χ4n) is 3.46. The molecule has 3 atom stereocenters. The van der Waals surface area contributed by atoms with E-state index in [-0.39, 0.29) is 17.7 Å². The molecule has 0 unspecified atom stereocenters. The second-order valence-electron chi connectivity index (χ2n) is 7.52. The maximum atomic E-state index is 13.0. The molecule has 156 valence electrons. The first-order valence-electron chi connectivity index (χ1n) is 10.2. The predicted molar refractivity (Wildman–Crippen MR) is 117 cm³/mol. The van der Waals surface area contributed by atoms with Crippen LogP contribution in [-0.2, 0) is 16.0 Å². The molecular formula is C24H27N3O3. The third-order valence-corrected chi connectivity index (χ3v) is 5.42. The standard InChI is InChI=1S/C24H27N3O3/c1-3-16(2)22(27-23(29)17-9-5-4-6-10-17)24(30)26-19(15-28)13-18-14-25-21-12-8-7-11-20(18)21/h4-12,14-16,19,22,25H,3,13H2,1-2H3,(H,26,30)(H,27,29)/t16-,19-,22-/m0/s1. The zero-order chi connectivity index (χ0) is 21.5. The molecule has 0 bridgehead atoms. The number of aldehydes is 1. The zero-order valence-electron chi connectivity index (χ0n) is 17.2. The molecule has 0 radical (unpaired) electrons. The van der Waals surface area contributed by atoms with E-state index in [0.717, 1.165) is 22.8 Å². The maximum Gasteiger partial charge on any atom is 0.251 e. The number of para-hydroxylation sites is 1. The number of carbonyl (C=O) groups is 3. The first kappa shape index (κ1) is 21.3. The Balaban J connectivity index is 1.71. The van der Waals surface area contributed by atoms with Crippen molar-refractivity contribution in [2.45, 2.75) is 38.8 Å². The number of aromatic amines is 1. The Kier molecular flexibility index (Phi) is 7.01. The number of rotatable bonds is 9. The monoisotopic (exact) mass is 405 g/mol. The molecule has 3 aromatic rings. The van der Waals surface area contributed by atoms with Gasteiger partial charge in [0.15, 0.2) is 0 Å². The summed E-state index contributed by atoms with van der Waals surface area (Å²) in [4.78, 5) is 40.4. The number of aromatic nitrogens is 1. The largest absolute Gasteiger partial charge is 0.361 e. The van der Waals surface area contributed by atoms with Gasteiger partial charge in [0.25, 0.3) is 5.91 Å². The first-order chi connectivity index (χ1) is 14.5. The average molecular weight is 405 g/mol. The van der Waals surface area contributed by atoms with Gasteiger partial charge in [-0.25, -0.2) is 0 Å². The van der Waals surface area contributed by atoms with Crippen molar-refractivity contribution < 1.29 is 14.4 Å². The predicted octanol–water partition coefficient (Wildman–Crippen LogP) is 3.24. The van der Waals surface area contributed by atoms with Crippen molar-refractivity contribution in [3.05, 3.63) is 71.9 Å². The van der Waals surface area contributed by atoms with Gasteiger partial charge < -0.3 is 20.4 Å². The molecule has 0 spiro atoms. The number of benzene rings is 2. The summed E-state index contributed by atoms with van der Waals surface area (Å²) in [5.74, 6) is -0.751. The third-order valence-electron chi connectivity index (χ3n) is 5.42. The normalized spacial score (nSPS) is 13.9. The van der Waals surface area contributed by atoms with Crippen LogP contribution in [0.5, 0.6) is 0 Å². The molecule has 2 aromatic carbocycles. The number of fused-ring (bicyclic) bond motifs is 1. The fourth-order valence-corrected chi connectivity index (χ4v) is 3.46. The number of hydrogen-bond acceptors (Lipinski definition) is 3. The van der Waals surface area contributed by atoms with Gasteiger partial charge in [-0.1, -0.05) is 56.7 Å². The Labute approximate surface area is 176 Å².